The van der Waals surface area contributed by atoms with E-state index >= 15 is 0 Å². The van der Waals surface area contributed by atoms with E-state index in [9.17, 15) is 8.42 Å². The standard InChI is InChI=1S/C13H22N2O4S/c1-5-6-15(7-8-18-4)20(16,17)13-9-12(10-14-3)19-11(13)2/h5,9,14H,1,6-8,10H2,2-4H3. The number of methoxy groups -OCH3 is 1. The Morgan fingerprint density at radius 3 is 2.80 bits per heavy atom. The van der Waals surface area contributed by atoms with Gasteiger partial charge in [0.25, 0.3) is 0 Å². The summed E-state index contributed by atoms with van der Waals surface area (Å²) in [5.41, 5.74) is 0. The lowest BCUT2D eigenvalue weighted by Crippen LogP contribution is -2.34. The van der Waals surface area contributed by atoms with E-state index in [-0.39, 0.29) is 18.0 Å². The molecule has 0 bridgehead atoms. The highest BCUT2D eigenvalue weighted by molar-refractivity contribution is 7.89. The summed E-state index contributed by atoms with van der Waals surface area (Å²) in [6, 6.07) is 1.56. The summed E-state index contributed by atoms with van der Waals surface area (Å²) >= 11 is 0. The quantitative estimate of drug-likeness (QED) is 0.692. The number of ether oxygens (including phenoxy) is 1. The minimum atomic E-state index is -3.60. The zero-order valence-corrected chi connectivity index (χ0v) is 13.0. The van der Waals surface area contributed by atoms with Crippen molar-refractivity contribution in [2.75, 3.05) is 33.9 Å². The molecule has 0 radical (unpaired) electrons. The lowest BCUT2D eigenvalue weighted by atomic mass is 10.4. The number of aryl methyl sites for hydroxylation is 1. The molecule has 1 aromatic rings. The normalized spacial score (nSPS) is 12.0. The van der Waals surface area contributed by atoms with E-state index in [0.29, 0.717) is 24.7 Å². The molecule has 1 heterocycles. The fraction of sp³-hybridized carbons (Fsp3) is 0.538. The Bertz CT molecular complexity index is 537. The third kappa shape index (κ3) is 3.92. The molecule has 7 heteroatoms. The third-order valence-electron chi connectivity index (χ3n) is 2.77. The van der Waals surface area contributed by atoms with Crippen LogP contribution < -0.4 is 5.32 Å². The summed E-state index contributed by atoms with van der Waals surface area (Å²) in [5.74, 6) is 0.982. The van der Waals surface area contributed by atoms with E-state index in [1.165, 1.54) is 11.4 Å². The largest absolute Gasteiger partial charge is 0.464 e. The fourth-order valence-electron chi connectivity index (χ4n) is 1.83. The number of furan rings is 1. The van der Waals surface area contributed by atoms with Gasteiger partial charge in [-0.25, -0.2) is 8.42 Å². The molecular weight excluding hydrogens is 280 g/mol. The number of nitrogens with one attached hydrogen (secondary N) is 1. The summed E-state index contributed by atoms with van der Waals surface area (Å²) in [6.07, 6.45) is 1.55. The molecule has 0 unspecified atom stereocenters. The Morgan fingerprint density at radius 2 is 2.25 bits per heavy atom. The second-order valence-corrected chi connectivity index (χ2v) is 6.21. The van der Waals surface area contributed by atoms with Gasteiger partial charge in [-0.1, -0.05) is 6.08 Å². The van der Waals surface area contributed by atoms with Crippen molar-refractivity contribution >= 4 is 10.0 Å². The van der Waals surface area contributed by atoms with E-state index < -0.39 is 10.0 Å². The Hall–Kier alpha value is -1.15. The summed E-state index contributed by atoms with van der Waals surface area (Å²) in [7, 11) is -0.296. The minimum absolute atomic E-state index is 0.195. The van der Waals surface area contributed by atoms with Gasteiger partial charge in [0, 0.05) is 26.3 Å². The molecule has 6 nitrogen and oxygen atoms in total. The van der Waals surface area contributed by atoms with Crippen LogP contribution in [0.15, 0.2) is 28.0 Å². The predicted molar refractivity (Wildman–Crippen MR) is 77.0 cm³/mol. The molecule has 0 aliphatic carbocycles. The molecule has 0 fully saturated rings. The van der Waals surface area contributed by atoms with Crippen molar-refractivity contribution in [3.63, 3.8) is 0 Å². The van der Waals surface area contributed by atoms with Gasteiger partial charge in [-0.3, -0.25) is 0 Å². The van der Waals surface area contributed by atoms with Crippen molar-refractivity contribution in [2.45, 2.75) is 18.4 Å². The molecule has 1 N–H and O–H groups in total. The Morgan fingerprint density at radius 1 is 1.55 bits per heavy atom. The smallest absolute Gasteiger partial charge is 0.246 e. The maximum atomic E-state index is 12.6. The number of nitrogens with zero attached hydrogens (tertiary/aromatic N) is 1. The molecule has 0 saturated carbocycles. The Kier molecular flexibility index (Phi) is 6.41. The summed E-state index contributed by atoms with van der Waals surface area (Å²) in [4.78, 5) is 0.195. The van der Waals surface area contributed by atoms with Crippen LogP contribution in [0.1, 0.15) is 11.5 Å². The summed E-state index contributed by atoms with van der Waals surface area (Å²) in [6.45, 7) is 6.56. The molecule has 0 aromatic carbocycles. The summed E-state index contributed by atoms with van der Waals surface area (Å²) in [5, 5.41) is 2.93. The van der Waals surface area contributed by atoms with E-state index in [4.69, 9.17) is 9.15 Å². The van der Waals surface area contributed by atoms with E-state index in [1.54, 1.807) is 26.1 Å². The van der Waals surface area contributed by atoms with Gasteiger partial charge in [0.15, 0.2) is 0 Å². The number of hydrogen-bond donors (Lipinski definition) is 1. The highest BCUT2D eigenvalue weighted by Crippen LogP contribution is 2.23. The lowest BCUT2D eigenvalue weighted by molar-refractivity contribution is 0.182. The first-order chi connectivity index (χ1) is 9.47. The number of hydrogen-bond acceptors (Lipinski definition) is 5. The van der Waals surface area contributed by atoms with Gasteiger partial charge in [-0.15, -0.1) is 6.58 Å². The van der Waals surface area contributed by atoms with Crippen LogP contribution in [0.4, 0.5) is 0 Å². The van der Waals surface area contributed by atoms with Crippen molar-refractivity contribution in [3.05, 3.63) is 30.2 Å². The SMILES string of the molecule is C=CCN(CCOC)S(=O)(=O)c1cc(CNC)oc1C. The first kappa shape index (κ1) is 16.9. The van der Waals surface area contributed by atoms with Gasteiger partial charge in [0.2, 0.25) is 10.0 Å². The van der Waals surface area contributed by atoms with Gasteiger partial charge in [-0.05, 0) is 14.0 Å². The minimum Gasteiger partial charge on any atom is -0.464 e. The molecule has 0 saturated heterocycles. The molecule has 114 valence electrons. The first-order valence-corrected chi connectivity index (χ1v) is 7.75. The maximum Gasteiger partial charge on any atom is 0.246 e. The van der Waals surface area contributed by atoms with Crippen LogP contribution in [0.3, 0.4) is 0 Å². The average molecular weight is 302 g/mol. The Balaban J connectivity index is 3.08. The van der Waals surface area contributed by atoms with Crippen molar-refractivity contribution in [1.29, 1.82) is 0 Å². The van der Waals surface area contributed by atoms with Crippen LogP contribution in [-0.2, 0) is 21.3 Å². The van der Waals surface area contributed by atoms with Crippen molar-refractivity contribution in [1.82, 2.24) is 9.62 Å². The third-order valence-corrected chi connectivity index (χ3v) is 4.74. The monoisotopic (exact) mass is 302 g/mol. The van der Waals surface area contributed by atoms with Gasteiger partial charge in [-0.2, -0.15) is 4.31 Å². The van der Waals surface area contributed by atoms with Crippen LogP contribution >= 0.6 is 0 Å². The van der Waals surface area contributed by atoms with Gasteiger partial charge < -0.3 is 14.5 Å². The Labute approximate surface area is 120 Å². The topological polar surface area (TPSA) is 71.8 Å². The number of sulfonamides is 1. The molecule has 0 atom stereocenters. The highest BCUT2D eigenvalue weighted by atomic mass is 32.2. The van der Waals surface area contributed by atoms with E-state index in [0.717, 1.165) is 0 Å². The van der Waals surface area contributed by atoms with Gasteiger partial charge in [0.05, 0.1) is 13.2 Å². The van der Waals surface area contributed by atoms with Crippen LogP contribution in [0.5, 0.6) is 0 Å². The molecule has 1 rings (SSSR count). The molecule has 0 aliphatic heterocycles. The molecule has 0 aliphatic rings. The lowest BCUT2D eigenvalue weighted by Gasteiger charge is -2.19. The van der Waals surface area contributed by atoms with Crippen molar-refractivity contribution in [2.24, 2.45) is 0 Å². The van der Waals surface area contributed by atoms with Crippen molar-refractivity contribution < 1.29 is 17.6 Å². The van der Waals surface area contributed by atoms with E-state index in [2.05, 4.69) is 11.9 Å². The van der Waals surface area contributed by atoms with Gasteiger partial charge in [0.1, 0.15) is 16.4 Å². The van der Waals surface area contributed by atoms with E-state index in [1.807, 2.05) is 0 Å². The number of rotatable bonds is 9. The molecule has 1 aromatic heterocycles. The second-order valence-electron chi connectivity index (χ2n) is 4.31. The zero-order chi connectivity index (χ0) is 15.2. The van der Waals surface area contributed by atoms with Crippen LogP contribution in [0, 0.1) is 6.92 Å². The highest BCUT2D eigenvalue weighted by Gasteiger charge is 2.27. The second kappa shape index (κ2) is 7.58. The average Bonchev–Trinajstić information content (AvgIpc) is 2.76. The zero-order valence-electron chi connectivity index (χ0n) is 12.2. The molecule has 0 spiro atoms. The van der Waals surface area contributed by atoms with Gasteiger partial charge >= 0.3 is 0 Å². The predicted octanol–water partition coefficient (Wildman–Crippen LogP) is 1.13. The fourth-order valence-corrected chi connectivity index (χ4v) is 3.41. The molecule has 0 amide bonds. The molecule has 20 heavy (non-hydrogen) atoms. The summed E-state index contributed by atoms with van der Waals surface area (Å²) < 4.78 is 36.9. The maximum absolute atomic E-state index is 12.6. The van der Waals surface area contributed by atoms with Crippen LogP contribution in [-0.4, -0.2) is 46.6 Å². The molecular formula is C13H22N2O4S. The first-order valence-electron chi connectivity index (χ1n) is 6.31. The van der Waals surface area contributed by atoms with Crippen LogP contribution in [0.25, 0.3) is 0 Å². The van der Waals surface area contributed by atoms with Crippen molar-refractivity contribution in [3.8, 4) is 0 Å². The van der Waals surface area contributed by atoms with Crippen LogP contribution in [0.2, 0.25) is 0 Å².